The molecule has 1 saturated heterocycles. The Morgan fingerprint density at radius 3 is 2.82 bits per heavy atom. The van der Waals surface area contributed by atoms with Gasteiger partial charge in [-0.2, -0.15) is 0 Å². The van der Waals surface area contributed by atoms with E-state index < -0.39 is 0 Å². The maximum atomic E-state index is 5.47. The number of aromatic nitrogens is 1. The van der Waals surface area contributed by atoms with Crippen LogP contribution in [0.25, 0.3) is 0 Å². The molecule has 4 nitrogen and oxygen atoms in total. The molecule has 0 saturated carbocycles. The first-order valence-corrected chi connectivity index (χ1v) is 6.45. The van der Waals surface area contributed by atoms with Crippen LogP contribution in [-0.4, -0.2) is 24.4 Å². The van der Waals surface area contributed by atoms with Crippen LogP contribution >= 0.6 is 0 Å². The quantitative estimate of drug-likeness (QED) is 0.879. The van der Waals surface area contributed by atoms with E-state index in [0.29, 0.717) is 12.1 Å². The molecule has 0 amide bonds. The molecule has 1 aromatic rings. The summed E-state index contributed by atoms with van der Waals surface area (Å²) in [6.07, 6.45) is 3.42. The Morgan fingerprint density at radius 2 is 2.12 bits per heavy atom. The number of ether oxygens (including phenoxy) is 1. The summed E-state index contributed by atoms with van der Waals surface area (Å²) in [5.41, 5.74) is 2.20. The zero-order valence-corrected chi connectivity index (χ0v) is 11.0. The highest BCUT2D eigenvalue weighted by molar-refractivity contribution is 5.24. The van der Waals surface area contributed by atoms with E-state index in [0.717, 1.165) is 37.5 Å². The summed E-state index contributed by atoms with van der Waals surface area (Å²) in [6.45, 7) is 7.92. The fraction of sp³-hybridized carbons (Fsp3) is 0.769. The van der Waals surface area contributed by atoms with Crippen molar-refractivity contribution in [3.63, 3.8) is 0 Å². The third kappa shape index (κ3) is 3.07. The van der Waals surface area contributed by atoms with Gasteiger partial charge in [0.25, 0.3) is 0 Å². The lowest BCUT2D eigenvalue weighted by atomic mass is 10.0. The van der Waals surface area contributed by atoms with Crippen LogP contribution < -0.4 is 5.32 Å². The van der Waals surface area contributed by atoms with Gasteiger partial charge >= 0.3 is 0 Å². The van der Waals surface area contributed by atoms with Crippen molar-refractivity contribution in [3.05, 3.63) is 17.0 Å². The van der Waals surface area contributed by atoms with E-state index in [1.165, 1.54) is 12.0 Å². The van der Waals surface area contributed by atoms with Crippen LogP contribution in [-0.2, 0) is 4.74 Å². The van der Waals surface area contributed by atoms with Gasteiger partial charge in [0.15, 0.2) is 0 Å². The summed E-state index contributed by atoms with van der Waals surface area (Å²) in [5.74, 6) is 0.923. The molecule has 2 rings (SSSR count). The Kier molecular flexibility index (Phi) is 4.18. The van der Waals surface area contributed by atoms with Crippen molar-refractivity contribution in [2.45, 2.75) is 52.1 Å². The Hall–Kier alpha value is -0.870. The van der Waals surface area contributed by atoms with Gasteiger partial charge in [-0.1, -0.05) is 5.16 Å². The molecule has 0 radical (unpaired) electrons. The first kappa shape index (κ1) is 12.6. The van der Waals surface area contributed by atoms with Crippen molar-refractivity contribution < 1.29 is 9.26 Å². The molecule has 1 aliphatic rings. The molecule has 4 heteroatoms. The lowest BCUT2D eigenvalue weighted by Crippen LogP contribution is -2.32. The summed E-state index contributed by atoms with van der Waals surface area (Å²) in [4.78, 5) is 0. The molecule has 2 atom stereocenters. The third-order valence-corrected chi connectivity index (χ3v) is 3.46. The van der Waals surface area contributed by atoms with Gasteiger partial charge in [-0.15, -0.1) is 0 Å². The van der Waals surface area contributed by atoms with Crippen molar-refractivity contribution in [3.8, 4) is 0 Å². The fourth-order valence-electron chi connectivity index (χ4n) is 2.62. The molecule has 0 aromatic carbocycles. The van der Waals surface area contributed by atoms with Crippen LogP contribution in [0, 0.1) is 13.8 Å². The highest BCUT2D eigenvalue weighted by atomic mass is 16.5. The maximum absolute atomic E-state index is 5.47. The number of rotatable bonds is 3. The van der Waals surface area contributed by atoms with Gasteiger partial charge in [0.1, 0.15) is 5.76 Å². The van der Waals surface area contributed by atoms with E-state index in [1.54, 1.807) is 0 Å². The zero-order chi connectivity index (χ0) is 12.3. The van der Waals surface area contributed by atoms with Crippen molar-refractivity contribution >= 4 is 0 Å². The molecule has 0 bridgehead atoms. The van der Waals surface area contributed by atoms with Gasteiger partial charge in [-0.25, -0.2) is 0 Å². The van der Waals surface area contributed by atoms with E-state index in [2.05, 4.69) is 17.4 Å². The smallest absolute Gasteiger partial charge is 0.138 e. The zero-order valence-electron chi connectivity index (χ0n) is 11.0. The summed E-state index contributed by atoms with van der Waals surface area (Å²) >= 11 is 0. The molecule has 1 aromatic heterocycles. The van der Waals surface area contributed by atoms with Gasteiger partial charge in [0.2, 0.25) is 0 Å². The largest absolute Gasteiger partial charge is 0.381 e. The fourth-order valence-corrected chi connectivity index (χ4v) is 2.62. The molecule has 1 fully saturated rings. The summed E-state index contributed by atoms with van der Waals surface area (Å²) in [7, 11) is 0. The molecule has 0 aliphatic carbocycles. The molecule has 0 spiro atoms. The van der Waals surface area contributed by atoms with Crippen LogP contribution in [0.3, 0.4) is 0 Å². The first-order valence-electron chi connectivity index (χ1n) is 6.45. The minimum Gasteiger partial charge on any atom is -0.381 e. The minimum atomic E-state index is 0.296. The van der Waals surface area contributed by atoms with Crippen molar-refractivity contribution in [1.82, 2.24) is 10.5 Å². The molecular formula is C13H22N2O2. The second kappa shape index (κ2) is 5.65. The highest BCUT2D eigenvalue weighted by Crippen LogP contribution is 2.22. The standard InChI is InChI=1S/C13H22N2O2/c1-9(13-10(2)15-17-11(13)3)14-12-5-4-7-16-8-6-12/h9,12,14H,4-8H2,1-3H3. The molecule has 1 N–H and O–H groups in total. The summed E-state index contributed by atoms with van der Waals surface area (Å²) in [5, 5.41) is 7.67. The van der Waals surface area contributed by atoms with E-state index in [-0.39, 0.29) is 0 Å². The van der Waals surface area contributed by atoms with Gasteiger partial charge in [-0.3, -0.25) is 0 Å². The Bertz CT molecular complexity index is 335. The van der Waals surface area contributed by atoms with Crippen LogP contribution in [0.1, 0.15) is 49.2 Å². The maximum Gasteiger partial charge on any atom is 0.138 e. The Morgan fingerprint density at radius 1 is 1.29 bits per heavy atom. The monoisotopic (exact) mass is 238 g/mol. The molecule has 96 valence electrons. The van der Waals surface area contributed by atoms with Crippen LogP contribution in [0.15, 0.2) is 4.52 Å². The number of nitrogens with zero attached hydrogens (tertiary/aromatic N) is 1. The molecule has 2 unspecified atom stereocenters. The van der Waals surface area contributed by atoms with E-state index in [9.17, 15) is 0 Å². The van der Waals surface area contributed by atoms with E-state index >= 15 is 0 Å². The van der Waals surface area contributed by atoms with E-state index in [4.69, 9.17) is 9.26 Å². The normalized spacial score (nSPS) is 23.4. The number of hydrogen-bond acceptors (Lipinski definition) is 4. The number of hydrogen-bond donors (Lipinski definition) is 1. The topological polar surface area (TPSA) is 47.3 Å². The van der Waals surface area contributed by atoms with Crippen LogP contribution in [0.5, 0.6) is 0 Å². The predicted molar refractivity (Wildman–Crippen MR) is 66.0 cm³/mol. The Labute approximate surface area is 103 Å². The minimum absolute atomic E-state index is 0.296. The van der Waals surface area contributed by atoms with Gasteiger partial charge in [0.05, 0.1) is 5.69 Å². The lowest BCUT2D eigenvalue weighted by Gasteiger charge is -2.21. The average molecular weight is 238 g/mol. The SMILES string of the molecule is Cc1noc(C)c1C(C)NC1CCCOCC1. The molecule has 2 heterocycles. The average Bonchev–Trinajstić information content (AvgIpc) is 2.53. The van der Waals surface area contributed by atoms with Gasteiger partial charge < -0.3 is 14.6 Å². The third-order valence-electron chi connectivity index (χ3n) is 3.46. The number of aryl methyl sites for hydroxylation is 2. The first-order chi connectivity index (χ1) is 8.18. The van der Waals surface area contributed by atoms with E-state index in [1.807, 2.05) is 13.8 Å². The summed E-state index contributed by atoms with van der Waals surface area (Å²) in [6, 6.07) is 0.838. The van der Waals surface area contributed by atoms with Crippen molar-refractivity contribution in [2.24, 2.45) is 0 Å². The molecule has 1 aliphatic heterocycles. The summed E-state index contributed by atoms with van der Waals surface area (Å²) < 4.78 is 10.7. The van der Waals surface area contributed by atoms with Gasteiger partial charge in [-0.05, 0) is 40.0 Å². The molecular weight excluding hydrogens is 216 g/mol. The second-order valence-corrected chi connectivity index (χ2v) is 4.87. The van der Waals surface area contributed by atoms with Crippen molar-refractivity contribution in [2.75, 3.05) is 13.2 Å². The number of nitrogens with one attached hydrogen (secondary N) is 1. The van der Waals surface area contributed by atoms with Crippen molar-refractivity contribution in [1.29, 1.82) is 0 Å². The lowest BCUT2D eigenvalue weighted by molar-refractivity contribution is 0.142. The van der Waals surface area contributed by atoms with Crippen LogP contribution in [0.4, 0.5) is 0 Å². The second-order valence-electron chi connectivity index (χ2n) is 4.87. The highest BCUT2D eigenvalue weighted by Gasteiger charge is 2.20. The predicted octanol–water partition coefficient (Wildman–Crippen LogP) is 2.51. The van der Waals surface area contributed by atoms with Gasteiger partial charge in [0, 0.05) is 30.9 Å². The Balaban J connectivity index is 1.98. The molecule has 17 heavy (non-hydrogen) atoms. The van der Waals surface area contributed by atoms with Crippen LogP contribution in [0.2, 0.25) is 0 Å².